The predicted octanol–water partition coefficient (Wildman–Crippen LogP) is 6.18. The van der Waals surface area contributed by atoms with Crippen LogP contribution in [0.2, 0.25) is 0 Å². The van der Waals surface area contributed by atoms with Gasteiger partial charge in [0.2, 0.25) is 0 Å². The molecule has 1 aliphatic heterocycles. The van der Waals surface area contributed by atoms with Gasteiger partial charge in [-0.3, -0.25) is 4.31 Å². The summed E-state index contributed by atoms with van der Waals surface area (Å²) in [6.07, 6.45) is 2.05. The van der Waals surface area contributed by atoms with Crippen LogP contribution in [0.15, 0.2) is 102 Å². The maximum atomic E-state index is 13.7. The Morgan fingerprint density at radius 3 is 2.06 bits per heavy atom. The molecular formula is C27H23NO2S. The Morgan fingerprint density at radius 2 is 1.39 bits per heavy atom. The molecule has 3 nitrogen and oxygen atoms in total. The summed E-state index contributed by atoms with van der Waals surface area (Å²) in [7, 11) is -3.73. The molecule has 31 heavy (non-hydrogen) atoms. The topological polar surface area (TPSA) is 37.4 Å². The maximum absolute atomic E-state index is 13.7. The van der Waals surface area contributed by atoms with Crippen LogP contribution < -0.4 is 4.31 Å². The molecule has 4 heteroatoms. The van der Waals surface area contributed by atoms with Gasteiger partial charge in [0.1, 0.15) is 0 Å². The lowest BCUT2D eigenvalue weighted by Crippen LogP contribution is -2.40. The largest absolute Gasteiger partial charge is 0.264 e. The average molecular weight is 426 g/mol. The van der Waals surface area contributed by atoms with Gasteiger partial charge in [-0.15, -0.1) is 0 Å². The number of rotatable bonds is 3. The Bertz CT molecular complexity index is 1410. The Balaban J connectivity index is 1.77. The molecule has 5 rings (SSSR count). The molecule has 1 unspecified atom stereocenters. The van der Waals surface area contributed by atoms with Crippen molar-refractivity contribution in [1.29, 1.82) is 0 Å². The van der Waals surface area contributed by atoms with Crippen LogP contribution in [0.4, 0.5) is 5.69 Å². The van der Waals surface area contributed by atoms with E-state index in [4.69, 9.17) is 0 Å². The summed E-state index contributed by atoms with van der Waals surface area (Å²) in [6, 6.07) is 29.1. The van der Waals surface area contributed by atoms with Crippen molar-refractivity contribution in [3.63, 3.8) is 0 Å². The molecule has 0 radical (unpaired) electrons. The van der Waals surface area contributed by atoms with Gasteiger partial charge in [-0.05, 0) is 60.0 Å². The first-order valence-electron chi connectivity index (χ1n) is 10.4. The zero-order valence-corrected chi connectivity index (χ0v) is 18.3. The number of anilines is 1. The van der Waals surface area contributed by atoms with Gasteiger partial charge in [0, 0.05) is 5.56 Å². The van der Waals surface area contributed by atoms with E-state index in [2.05, 4.69) is 30.3 Å². The van der Waals surface area contributed by atoms with Crippen molar-refractivity contribution < 1.29 is 8.42 Å². The van der Waals surface area contributed by atoms with E-state index in [1.54, 1.807) is 16.4 Å². The van der Waals surface area contributed by atoms with E-state index in [9.17, 15) is 8.42 Å². The summed E-state index contributed by atoms with van der Waals surface area (Å²) >= 11 is 0. The van der Waals surface area contributed by atoms with E-state index in [1.165, 1.54) is 0 Å². The van der Waals surface area contributed by atoms with E-state index in [-0.39, 0.29) is 6.04 Å². The van der Waals surface area contributed by atoms with Gasteiger partial charge in [0.25, 0.3) is 10.0 Å². The fourth-order valence-corrected chi connectivity index (χ4v) is 5.90. The van der Waals surface area contributed by atoms with Crippen molar-refractivity contribution in [3.8, 4) is 0 Å². The van der Waals surface area contributed by atoms with Crippen molar-refractivity contribution in [2.24, 2.45) is 0 Å². The normalized spacial score (nSPS) is 16.1. The van der Waals surface area contributed by atoms with Crippen molar-refractivity contribution in [2.75, 3.05) is 4.31 Å². The standard InChI is InChI=1S/C27H23NO2S/c1-19-12-14-24(15-13-19)31(29,30)28-20(2)16-25(21-8-4-3-5-9-21)26-17-22-10-6-7-11-23(22)18-27(26)28/h3-18,20H,1-2H3. The SMILES string of the molecule is Cc1ccc(S(=O)(=O)N2c3cc4ccccc4cc3C(c3ccccc3)=CC2C)cc1. The Hall–Kier alpha value is -3.37. The highest BCUT2D eigenvalue weighted by molar-refractivity contribution is 7.92. The first-order valence-corrected chi connectivity index (χ1v) is 11.8. The van der Waals surface area contributed by atoms with E-state index in [0.717, 1.165) is 33.0 Å². The minimum atomic E-state index is -3.73. The molecule has 4 aromatic rings. The summed E-state index contributed by atoms with van der Waals surface area (Å²) in [6.45, 7) is 3.89. The van der Waals surface area contributed by atoms with Crippen LogP contribution in [0.3, 0.4) is 0 Å². The first kappa shape index (κ1) is 19.6. The number of hydrogen-bond acceptors (Lipinski definition) is 2. The summed E-state index contributed by atoms with van der Waals surface area (Å²) in [5, 5.41) is 2.11. The molecule has 154 valence electrons. The number of hydrogen-bond donors (Lipinski definition) is 0. The molecule has 0 fully saturated rings. The van der Waals surface area contributed by atoms with Crippen LogP contribution in [-0.2, 0) is 10.0 Å². The molecule has 1 atom stereocenters. The third kappa shape index (κ3) is 3.33. The molecule has 0 bridgehead atoms. The van der Waals surface area contributed by atoms with E-state index in [0.29, 0.717) is 10.6 Å². The number of nitrogens with zero attached hydrogens (tertiary/aromatic N) is 1. The fraction of sp³-hybridized carbons (Fsp3) is 0.111. The van der Waals surface area contributed by atoms with Gasteiger partial charge < -0.3 is 0 Å². The Morgan fingerprint density at radius 1 is 0.774 bits per heavy atom. The smallest absolute Gasteiger partial charge is 0.259 e. The molecule has 0 amide bonds. The summed E-state index contributed by atoms with van der Waals surface area (Å²) < 4.78 is 29.1. The van der Waals surface area contributed by atoms with Crippen molar-refractivity contribution >= 4 is 32.1 Å². The summed E-state index contributed by atoms with van der Waals surface area (Å²) in [5.41, 5.74) is 4.82. The Labute approximate surface area is 183 Å². The van der Waals surface area contributed by atoms with Crippen LogP contribution in [0, 0.1) is 6.92 Å². The van der Waals surface area contributed by atoms with E-state index in [1.807, 2.05) is 68.4 Å². The highest BCUT2D eigenvalue weighted by Crippen LogP contribution is 2.42. The molecular weight excluding hydrogens is 402 g/mol. The van der Waals surface area contributed by atoms with Crippen molar-refractivity contribution in [3.05, 3.63) is 114 Å². The monoisotopic (exact) mass is 425 g/mol. The average Bonchev–Trinajstić information content (AvgIpc) is 2.78. The van der Waals surface area contributed by atoms with Gasteiger partial charge in [0.05, 0.1) is 16.6 Å². The highest BCUT2D eigenvalue weighted by Gasteiger charge is 2.34. The van der Waals surface area contributed by atoms with Crippen LogP contribution in [0.1, 0.15) is 23.6 Å². The second-order valence-corrected chi connectivity index (χ2v) is 9.83. The molecule has 0 saturated carbocycles. The van der Waals surface area contributed by atoms with Gasteiger partial charge in [0.15, 0.2) is 0 Å². The second kappa shape index (κ2) is 7.40. The Kier molecular flexibility index (Phi) is 4.67. The fourth-order valence-electron chi connectivity index (χ4n) is 4.29. The lowest BCUT2D eigenvalue weighted by Gasteiger charge is -2.35. The van der Waals surface area contributed by atoms with Crippen LogP contribution in [-0.4, -0.2) is 14.5 Å². The molecule has 1 aliphatic rings. The lowest BCUT2D eigenvalue weighted by atomic mass is 9.90. The molecule has 1 heterocycles. The number of benzene rings is 4. The van der Waals surface area contributed by atoms with Gasteiger partial charge in [-0.25, -0.2) is 8.42 Å². The number of sulfonamides is 1. The third-order valence-corrected chi connectivity index (χ3v) is 7.75. The molecule has 4 aromatic carbocycles. The number of fused-ring (bicyclic) bond motifs is 2. The zero-order valence-electron chi connectivity index (χ0n) is 17.5. The first-order chi connectivity index (χ1) is 14.9. The summed E-state index contributed by atoms with van der Waals surface area (Å²) in [4.78, 5) is 0.306. The van der Waals surface area contributed by atoms with E-state index >= 15 is 0 Å². The molecule has 0 saturated heterocycles. The lowest BCUT2D eigenvalue weighted by molar-refractivity contribution is 0.587. The van der Waals surface area contributed by atoms with Gasteiger partial charge >= 0.3 is 0 Å². The quantitative estimate of drug-likeness (QED) is 0.393. The van der Waals surface area contributed by atoms with Gasteiger partial charge in [-0.2, -0.15) is 0 Å². The number of aryl methyl sites for hydroxylation is 1. The van der Waals surface area contributed by atoms with E-state index < -0.39 is 10.0 Å². The molecule has 0 N–H and O–H groups in total. The van der Waals surface area contributed by atoms with Crippen molar-refractivity contribution in [2.45, 2.75) is 24.8 Å². The third-order valence-electron chi connectivity index (χ3n) is 5.83. The minimum Gasteiger partial charge on any atom is -0.259 e. The molecule has 0 spiro atoms. The maximum Gasteiger partial charge on any atom is 0.264 e. The molecule has 0 aliphatic carbocycles. The highest BCUT2D eigenvalue weighted by atomic mass is 32.2. The second-order valence-electron chi connectivity index (χ2n) is 8.02. The predicted molar refractivity (Wildman–Crippen MR) is 128 cm³/mol. The van der Waals surface area contributed by atoms with Crippen LogP contribution >= 0.6 is 0 Å². The van der Waals surface area contributed by atoms with Crippen LogP contribution in [0.5, 0.6) is 0 Å². The summed E-state index contributed by atoms with van der Waals surface area (Å²) in [5.74, 6) is 0. The minimum absolute atomic E-state index is 0.306. The molecule has 0 aromatic heterocycles. The van der Waals surface area contributed by atoms with Crippen molar-refractivity contribution in [1.82, 2.24) is 0 Å². The zero-order chi connectivity index (χ0) is 21.6. The van der Waals surface area contributed by atoms with Crippen LogP contribution in [0.25, 0.3) is 16.3 Å². The van der Waals surface area contributed by atoms with Gasteiger partial charge in [-0.1, -0.05) is 78.4 Å².